The van der Waals surface area contributed by atoms with Gasteiger partial charge in [-0.2, -0.15) is 4.98 Å². The first-order valence-electron chi connectivity index (χ1n) is 7.27. The summed E-state index contributed by atoms with van der Waals surface area (Å²) in [5.41, 5.74) is 2.36. The van der Waals surface area contributed by atoms with Gasteiger partial charge in [-0.1, -0.05) is 17.7 Å². The van der Waals surface area contributed by atoms with Crippen molar-refractivity contribution >= 4 is 11.6 Å². The Morgan fingerprint density at radius 3 is 2.71 bits per heavy atom. The van der Waals surface area contributed by atoms with E-state index < -0.39 is 0 Å². The van der Waals surface area contributed by atoms with Crippen molar-refractivity contribution in [2.24, 2.45) is 0 Å². The van der Waals surface area contributed by atoms with Crippen LogP contribution in [0.5, 0.6) is 0 Å². The van der Waals surface area contributed by atoms with E-state index >= 15 is 0 Å². The third-order valence-corrected chi connectivity index (χ3v) is 3.47. The average Bonchev–Trinajstić information content (AvgIpc) is 2.99. The third-order valence-electron chi connectivity index (χ3n) is 3.47. The average molecular weight is 288 g/mol. The fraction of sp³-hybridized carbons (Fsp3) is 0.467. The molecule has 0 unspecified atom stereocenters. The Hall–Kier alpha value is -2.08. The summed E-state index contributed by atoms with van der Waals surface area (Å²) in [6.07, 6.45) is 0.714. The fourth-order valence-electron chi connectivity index (χ4n) is 2.22. The number of aromatic nitrogens is 2. The van der Waals surface area contributed by atoms with Crippen molar-refractivity contribution in [3.05, 3.63) is 35.7 Å². The van der Waals surface area contributed by atoms with Gasteiger partial charge in [-0.3, -0.25) is 0 Å². The first-order valence-corrected chi connectivity index (χ1v) is 7.27. The lowest BCUT2D eigenvalue weighted by Crippen LogP contribution is -2.36. The number of hydrogen-bond acceptors (Lipinski definition) is 6. The first-order chi connectivity index (χ1) is 10.3. The van der Waals surface area contributed by atoms with Crippen LogP contribution >= 0.6 is 0 Å². The quantitative estimate of drug-likeness (QED) is 0.906. The molecular formula is C15H20N4O2. The van der Waals surface area contributed by atoms with E-state index in [-0.39, 0.29) is 0 Å². The molecule has 1 N–H and O–H groups in total. The highest BCUT2D eigenvalue weighted by Gasteiger charge is 2.16. The second-order valence-electron chi connectivity index (χ2n) is 5.13. The Balaban J connectivity index is 1.49. The zero-order valence-corrected chi connectivity index (χ0v) is 12.2. The number of nitrogens with zero attached hydrogens (tertiary/aromatic N) is 3. The molecule has 0 bridgehead atoms. The van der Waals surface area contributed by atoms with E-state index in [9.17, 15) is 0 Å². The SMILES string of the molecule is Cc1ccc(NCCc2nc(N3CCOCC3)no2)cc1. The van der Waals surface area contributed by atoms with E-state index in [1.165, 1.54) is 5.56 Å². The molecule has 2 aromatic rings. The molecule has 1 fully saturated rings. The lowest BCUT2D eigenvalue weighted by atomic mass is 10.2. The molecule has 0 amide bonds. The summed E-state index contributed by atoms with van der Waals surface area (Å²) in [5.74, 6) is 1.33. The minimum absolute atomic E-state index is 0.663. The summed E-state index contributed by atoms with van der Waals surface area (Å²) in [6, 6.07) is 8.32. The van der Waals surface area contributed by atoms with Crippen molar-refractivity contribution in [2.45, 2.75) is 13.3 Å². The summed E-state index contributed by atoms with van der Waals surface area (Å²) in [4.78, 5) is 6.52. The van der Waals surface area contributed by atoms with Crippen molar-refractivity contribution < 1.29 is 9.26 Å². The van der Waals surface area contributed by atoms with E-state index in [1.807, 2.05) is 0 Å². The van der Waals surface area contributed by atoms with Crippen LogP contribution in [-0.4, -0.2) is 43.0 Å². The Morgan fingerprint density at radius 2 is 1.95 bits per heavy atom. The van der Waals surface area contributed by atoms with E-state index in [1.54, 1.807) is 0 Å². The van der Waals surface area contributed by atoms with Crippen LogP contribution in [0.25, 0.3) is 0 Å². The predicted molar refractivity (Wildman–Crippen MR) is 80.7 cm³/mol. The monoisotopic (exact) mass is 288 g/mol. The first kappa shape index (κ1) is 13.9. The smallest absolute Gasteiger partial charge is 0.266 e. The molecule has 21 heavy (non-hydrogen) atoms. The molecule has 6 nitrogen and oxygen atoms in total. The van der Waals surface area contributed by atoms with Gasteiger partial charge in [0, 0.05) is 31.7 Å². The number of benzene rings is 1. The van der Waals surface area contributed by atoms with Gasteiger partial charge >= 0.3 is 0 Å². The van der Waals surface area contributed by atoms with Gasteiger partial charge in [-0.25, -0.2) is 0 Å². The van der Waals surface area contributed by atoms with Gasteiger partial charge in [0.15, 0.2) is 0 Å². The maximum Gasteiger partial charge on any atom is 0.266 e. The molecule has 2 heterocycles. The Bertz CT molecular complexity index is 561. The van der Waals surface area contributed by atoms with E-state index in [0.29, 0.717) is 18.3 Å². The summed E-state index contributed by atoms with van der Waals surface area (Å²) in [5, 5.41) is 7.38. The second kappa shape index (κ2) is 6.58. The molecule has 112 valence electrons. The van der Waals surface area contributed by atoms with Crippen LogP contribution < -0.4 is 10.2 Å². The number of hydrogen-bond donors (Lipinski definition) is 1. The molecule has 1 aromatic heterocycles. The molecule has 0 atom stereocenters. The molecule has 1 aromatic carbocycles. The maximum absolute atomic E-state index is 5.31. The highest BCUT2D eigenvalue weighted by atomic mass is 16.5. The molecule has 0 radical (unpaired) electrons. The van der Waals surface area contributed by atoms with Crippen LogP contribution in [0.2, 0.25) is 0 Å². The van der Waals surface area contributed by atoms with E-state index in [0.717, 1.165) is 38.5 Å². The summed E-state index contributed by atoms with van der Waals surface area (Å²) >= 11 is 0. The number of aryl methyl sites for hydroxylation is 1. The zero-order valence-electron chi connectivity index (χ0n) is 12.2. The van der Waals surface area contributed by atoms with E-state index in [4.69, 9.17) is 9.26 Å². The topological polar surface area (TPSA) is 63.4 Å². The summed E-state index contributed by atoms with van der Waals surface area (Å²) < 4.78 is 10.6. The number of nitrogens with one attached hydrogen (secondary N) is 1. The van der Waals surface area contributed by atoms with Crippen LogP contribution in [0.15, 0.2) is 28.8 Å². The summed E-state index contributed by atoms with van der Waals surface area (Å²) in [7, 11) is 0. The second-order valence-corrected chi connectivity index (χ2v) is 5.13. The van der Waals surface area contributed by atoms with Gasteiger partial charge in [0.05, 0.1) is 13.2 Å². The lowest BCUT2D eigenvalue weighted by Gasteiger charge is -2.24. The molecule has 3 rings (SSSR count). The molecule has 6 heteroatoms. The number of ether oxygens (including phenoxy) is 1. The van der Waals surface area contributed by atoms with E-state index in [2.05, 4.69) is 51.5 Å². The number of anilines is 2. The largest absolute Gasteiger partial charge is 0.385 e. The van der Waals surface area contributed by atoms with Gasteiger partial charge in [0.25, 0.3) is 5.95 Å². The van der Waals surface area contributed by atoms with Crippen LogP contribution in [0.3, 0.4) is 0 Å². The van der Waals surface area contributed by atoms with Crippen molar-refractivity contribution in [1.82, 2.24) is 10.1 Å². The summed E-state index contributed by atoms with van der Waals surface area (Å²) in [6.45, 7) is 5.93. The predicted octanol–water partition coefficient (Wildman–Crippen LogP) is 1.87. The van der Waals surface area contributed by atoms with Gasteiger partial charge in [0.2, 0.25) is 5.89 Å². The van der Waals surface area contributed by atoms with Gasteiger partial charge < -0.3 is 19.5 Å². The number of morpholine rings is 1. The van der Waals surface area contributed by atoms with Gasteiger partial charge in [-0.05, 0) is 24.2 Å². The van der Waals surface area contributed by atoms with Crippen molar-refractivity contribution in [3.8, 4) is 0 Å². The van der Waals surface area contributed by atoms with Crippen LogP contribution in [0, 0.1) is 6.92 Å². The van der Waals surface area contributed by atoms with Crippen molar-refractivity contribution in [3.63, 3.8) is 0 Å². The maximum atomic E-state index is 5.31. The zero-order chi connectivity index (χ0) is 14.5. The van der Waals surface area contributed by atoms with Crippen LogP contribution in [-0.2, 0) is 11.2 Å². The van der Waals surface area contributed by atoms with Crippen LogP contribution in [0.4, 0.5) is 11.6 Å². The Labute approximate surface area is 124 Å². The van der Waals surface area contributed by atoms with Crippen molar-refractivity contribution in [2.75, 3.05) is 43.1 Å². The van der Waals surface area contributed by atoms with Crippen molar-refractivity contribution in [1.29, 1.82) is 0 Å². The van der Waals surface area contributed by atoms with Gasteiger partial charge in [-0.15, -0.1) is 0 Å². The Kier molecular flexibility index (Phi) is 4.35. The molecule has 0 spiro atoms. The Morgan fingerprint density at radius 1 is 1.19 bits per heavy atom. The number of rotatable bonds is 5. The lowest BCUT2D eigenvalue weighted by molar-refractivity contribution is 0.121. The molecule has 0 aliphatic carbocycles. The highest BCUT2D eigenvalue weighted by molar-refractivity contribution is 5.44. The third kappa shape index (κ3) is 3.72. The minimum atomic E-state index is 0.663. The molecule has 1 aliphatic heterocycles. The van der Waals surface area contributed by atoms with Gasteiger partial charge in [0.1, 0.15) is 0 Å². The minimum Gasteiger partial charge on any atom is -0.385 e. The standard InChI is InChI=1S/C15H20N4O2/c1-12-2-4-13(5-3-12)16-7-6-14-17-15(18-21-14)19-8-10-20-11-9-19/h2-5,16H,6-11H2,1H3. The highest BCUT2D eigenvalue weighted by Crippen LogP contribution is 2.12. The normalized spacial score (nSPS) is 15.2. The molecule has 0 saturated carbocycles. The fourth-order valence-corrected chi connectivity index (χ4v) is 2.22. The molecule has 1 aliphatic rings. The molecule has 1 saturated heterocycles. The van der Waals surface area contributed by atoms with Crippen LogP contribution in [0.1, 0.15) is 11.5 Å². The molecular weight excluding hydrogens is 268 g/mol.